The molecule has 2 rings (SSSR count). The van der Waals surface area contributed by atoms with Crippen LogP contribution in [0.3, 0.4) is 0 Å². The van der Waals surface area contributed by atoms with E-state index in [9.17, 15) is 8.42 Å². The molecule has 0 fully saturated rings. The van der Waals surface area contributed by atoms with E-state index >= 15 is 0 Å². The SMILES string of the molecule is Cc1c(OCc2ncon2)ccc(S(N)(=O)=O)c1C. The lowest BCUT2D eigenvalue weighted by atomic mass is 10.1. The second kappa shape index (κ2) is 4.98. The van der Waals surface area contributed by atoms with Crippen molar-refractivity contribution in [1.82, 2.24) is 10.1 Å². The van der Waals surface area contributed by atoms with Crippen molar-refractivity contribution in [3.8, 4) is 5.75 Å². The number of nitrogens with zero attached hydrogens (tertiary/aromatic N) is 2. The van der Waals surface area contributed by atoms with Gasteiger partial charge in [-0.2, -0.15) is 4.98 Å². The fraction of sp³-hybridized carbons (Fsp3) is 0.273. The zero-order chi connectivity index (χ0) is 14.0. The molecule has 2 aromatic rings. The number of hydrogen-bond donors (Lipinski definition) is 1. The molecular weight excluding hydrogens is 270 g/mol. The molecule has 19 heavy (non-hydrogen) atoms. The van der Waals surface area contributed by atoms with Gasteiger partial charge in [0.1, 0.15) is 5.75 Å². The molecule has 0 saturated heterocycles. The highest BCUT2D eigenvalue weighted by molar-refractivity contribution is 7.89. The van der Waals surface area contributed by atoms with Crippen LogP contribution in [0, 0.1) is 13.8 Å². The average molecular weight is 283 g/mol. The van der Waals surface area contributed by atoms with Crippen LogP contribution in [0.2, 0.25) is 0 Å². The Labute approximate surface area is 110 Å². The van der Waals surface area contributed by atoms with Gasteiger partial charge in [0.25, 0.3) is 0 Å². The van der Waals surface area contributed by atoms with Gasteiger partial charge in [-0.1, -0.05) is 5.16 Å². The van der Waals surface area contributed by atoms with Crippen molar-refractivity contribution in [2.75, 3.05) is 0 Å². The van der Waals surface area contributed by atoms with Crippen molar-refractivity contribution in [3.05, 3.63) is 35.5 Å². The van der Waals surface area contributed by atoms with Crippen LogP contribution in [0.4, 0.5) is 0 Å². The predicted molar refractivity (Wildman–Crippen MR) is 65.9 cm³/mol. The van der Waals surface area contributed by atoms with E-state index in [0.29, 0.717) is 22.7 Å². The van der Waals surface area contributed by atoms with Crippen molar-refractivity contribution in [2.24, 2.45) is 5.14 Å². The van der Waals surface area contributed by atoms with Gasteiger partial charge in [0.05, 0.1) is 4.90 Å². The smallest absolute Gasteiger partial charge is 0.238 e. The number of benzene rings is 1. The van der Waals surface area contributed by atoms with E-state index in [1.807, 2.05) is 0 Å². The highest BCUT2D eigenvalue weighted by atomic mass is 32.2. The van der Waals surface area contributed by atoms with Crippen LogP contribution in [0.1, 0.15) is 17.0 Å². The third-order valence-electron chi connectivity index (χ3n) is 2.76. The predicted octanol–water partition coefficient (Wildman–Crippen LogP) is 0.913. The number of sulfonamides is 1. The van der Waals surface area contributed by atoms with Gasteiger partial charge in [-0.25, -0.2) is 13.6 Å². The Kier molecular flexibility index (Phi) is 3.54. The summed E-state index contributed by atoms with van der Waals surface area (Å²) in [4.78, 5) is 3.92. The molecule has 0 unspecified atom stereocenters. The molecule has 0 spiro atoms. The molecule has 0 amide bonds. The summed E-state index contributed by atoms with van der Waals surface area (Å²) in [7, 11) is -3.73. The standard InChI is InChI=1S/C11H13N3O4S/c1-7-8(2)10(19(12,15)16)4-3-9(7)17-5-11-13-6-18-14-11/h3-4,6H,5H2,1-2H3,(H2,12,15,16). The van der Waals surface area contributed by atoms with Crippen LogP contribution in [0.15, 0.2) is 27.9 Å². The van der Waals surface area contributed by atoms with Gasteiger partial charge in [0, 0.05) is 0 Å². The average Bonchev–Trinajstić information content (AvgIpc) is 2.82. The summed E-state index contributed by atoms with van der Waals surface area (Å²) in [6.07, 6.45) is 1.21. The summed E-state index contributed by atoms with van der Waals surface area (Å²) < 4.78 is 32.8. The van der Waals surface area contributed by atoms with E-state index < -0.39 is 10.0 Å². The number of aromatic nitrogens is 2. The Bertz CT molecular complexity index is 680. The molecule has 102 valence electrons. The van der Waals surface area contributed by atoms with Crippen LogP contribution in [0.5, 0.6) is 5.75 Å². The number of rotatable bonds is 4. The molecule has 1 aromatic carbocycles. The lowest BCUT2D eigenvalue weighted by Crippen LogP contribution is -2.14. The largest absolute Gasteiger partial charge is 0.485 e. The first-order valence-corrected chi connectivity index (χ1v) is 6.95. The molecule has 2 N–H and O–H groups in total. The van der Waals surface area contributed by atoms with Gasteiger partial charge in [0.15, 0.2) is 6.61 Å². The van der Waals surface area contributed by atoms with Gasteiger partial charge in [-0.15, -0.1) is 0 Å². The number of nitrogens with two attached hydrogens (primary N) is 1. The molecular formula is C11H13N3O4S. The number of hydrogen-bond acceptors (Lipinski definition) is 6. The Morgan fingerprint density at radius 1 is 1.32 bits per heavy atom. The molecule has 0 bridgehead atoms. The van der Waals surface area contributed by atoms with Gasteiger partial charge < -0.3 is 9.26 Å². The fourth-order valence-electron chi connectivity index (χ4n) is 1.63. The third-order valence-corrected chi connectivity index (χ3v) is 3.81. The van der Waals surface area contributed by atoms with Crippen LogP contribution < -0.4 is 9.88 Å². The van der Waals surface area contributed by atoms with Gasteiger partial charge in [-0.05, 0) is 37.1 Å². The van der Waals surface area contributed by atoms with Crippen molar-refractivity contribution in [1.29, 1.82) is 0 Å². The van der Waals surface area contributed by atoms with Gasteiger partial charge in [0.2, 0.25) is 22.2 Å². The van der Waals surface area contributed by atoms with E-state index in [2.05, 4.69) is 14.7 Å². The van der Waals surface area contributed by atoms with Gasteiger partial charge >= 0.3 is 0 Å². The summed E-state index contributed by atoms with van der Waals surface area (Å²) in [5.41, 5.74) is 1.27. The number of ether oxygens (including phenoxy) is 1. The Balaban J connectivity index is 2.26. The topological polar surface area (TPSA) is 108 Å². The van der Waals surface area contributed by atoms with Crippen molar-refractivity contribution in [3.63, 3.8) is 0 Å². The monoisotopic (exact) mass is 283 g/mol. The van der Waals surface area contributed by atoms with Gasteiger partial charge in [-0.3, -0.25) is 0 Å². The summed E-state index contributed by atoms with van der Waals surface area (Å²) in [5, 5.41) is 8.74. The first kappa shape index (κ1) is 13.5. The van der Waals surface area contributed by atoms with E-state index in [1.54, 1.807) is 19.9 Å². The molecule has 8 heteroatoms. The van der Waals surface area contributed by atoms with Crippen molar-refractivity contribution in [2.45, 2.75) is 25.3 Å². The second-order valence-electron chi connectivity index (χ2n) is 3.99. The molecule has 0 atom stereocenters. The molecule has 0 aliphatic carbocycles. The molecule has 0 aliphatic heterocycles. The third kappa shape index (κ3) is 2.91. The number of primary sulfonamides is 1. The molecule has 0 saturated carbocycles. The normalized spacial score (nSPS) is 11.5. The quantitative estimate of drug-likeness (QED) is 0.893. The maximum Gasteiger partial charge on any atom is 0.238 e. The van der Waals surface area contributed by atoms with Crippen LogP contribution in [-0.4, -0.2) is 18.6 Å². The summed E-state index contributed by atoms with van der Waals surface area (Å²) in [6.45, 7) is 3.58. The van der Waals surface area contributed by atoms with Crippen LogP contribution in [0.25, 0.3) is 0 Å². The first-order valence-electron chi connectivity index (χ1n) is 5.40. The minimum Gasteiger partial charge on any atom is -0.485 e. The lowest BCUT2D eigenvalue weighted by molar-refractivity contribution is 0.284. The minimum absolute atomic E-state index is 0.0944. The molecule has 7 nitrogen and oxygen atoms in total. The highest BCUT2D eigenvalue weighted by Gasteiger charge is 2.15. The highest BCUT2D eigenvalue weighted by Crippen LogP contribution is 2.26. The fourth-order valence-corrected chi connectivity index (χ4v) is 2.47. The van der Waals surface area contributed by atoms with Crippen molar-refractivity contribution < 1.29 is 17.7 Å². The summed E-state index contributed by atoms with van der Waals surface area (Å²) in [5.74, 6) is 0.960. The maximum atomic E-state index is 11.4. The summed E-state index contributed by atoms with van der Waals surface area (Å²) in [6, 6.07) is 2.98. The summed E-state index contributed by atoms with van der Waals surface area (Å²) >= 11 is 0. The first-order chi connectivity index (χ1) is 8.89. The lowest BCUT2D eigenvalue weighted by Gasteiger charge is -2.12. The zero-order valence-electron chi connectivity index (χ0n) is 10.5. The Morgan fingerprint density at radius 2 is 2.05 bits per heavy atom. The van der Waals surface area contributed by atoms with E-state index in [-0.39, 0.29) is 11.5 Å². The maximum absolute atomic E-state index is 11.4. The second-order valence-corrected chi connectivity index (χ2v) is 5.52. The minimum atomic E-state index is -3.73. The molecule has 1 heterocycles. The zero-order valence-corrected chi connectivity index (χ0v) is 11.3. The molecule has 1 aromatic heterocycles. The van der Waals surface area contributed by atoms with Crippen molar-refractivity contribution >= 4 is 10.0 Å². The van der Waals surface area contributed by atoms with E-state index in [1.165, 1.54) is 12.5 Å². The Morgan fingerprint density at radius 3 is 2.63 bits per heavy atom. The van der Waals surface area contributed by atoms with E-state index in [0.717, 1.165) is 0 Å². The van der Waals surface area contributed by atoms with Crippen LogP contribution in [-0.2, 0) is 16.6 Å². The Hall–Kier alpha value is -1.93. The van der Waals surface area contributed by atoms with E-state index in [4.69, 9.17) is 9.88 Å². The molecule has 0 radical (unpaired) electrons. The van der Waals surface area contributed by atoms with Crippen LogP contribution >= 0.6 is 0 Å². The molecule has 0 aliphatic rings.